The lowest BCUT2D eigenvalue weighted by Gasteiger charge is -2.19. The molecule has 1 unspecified atom stereocenters. The Morgan fingerprint density at radius 3 is 2.23 bits per heavy atom. The second-order valence-electron chi connectivity index (χ2n) is 7.00. The van der Waals surface area contributed by atoms with Crippen LogP contribution in [0.4, 0.5) is 0 Å². The van der Waals surface area contributed by atoms with E-state index in [-0.39, 0.29) is 16.8 Å². The molecule has 0 fully saturated rings. The molecule has 0 spiro atoms. The quantitative estimate of drug-likeness (QED) is 0.478. The molecule has 0 aromatic heterocycles. The van der Waals surface area contributed by atoms with Crippen molar-refractivity contribution in [2.45, 2.75) is 10.8 Å². The topological polar surface area (TPSA) is 74.1 Å². The molecule has 1 N–H and O–H groups in total. The van der Waals surface area contributed by atoms with Crippen LogP contribution >= 0.6 is 11.6 Å². The zero-order valence-corrected chi connectivity index (χ0v) is 18.4. The van der Waals surface area contributed by atoms with Gasteiger partial charge in [-0.2, -0.15) is 5.10 Å². The van der Waals surface area contributed by atoms with Gasteiger partial charge in [-0.25, -0.2) is 18.1 Å². The number of nitrogens with zero attached hydrogens (tertiary/aromatic N) is 3. The molecule has 3 aromatic rings. The van der Waals surface area contributed by atoms with Gasteiger partial charge in [-0.15, -0.1) is 0 Å². The maximum absolute atomic E-state index is 12.9. The molecular formula is C23H21ClN4O2S. The van der Waals surface area contributed by atoms with Crippen molar-refractivity contribution in [2.75, 3.05) is 13.6 Å². The Balaban J connectivity index is 1.66. The lowest BCUT2D eigenvalue weighted by Crippen LogP contribution is -2.41. The average molecular weight is 453 g/mol. The van der Waals surface area contributed by atoms with E-state index in [0.29, 0.717) is 11.6 Å². The third-order valence-electron chi connectivity index (χ3n) is 4.99. The Morgan fingerprint density at radius 2 is 1.61 bits per heavy atom. The lowest BCUT2D eigenvalue weighted by molar-refractivity contribution is 0.462. The van der Waals surface area contributed by atoms with Gasteiger partial charge in [0.2, 0.25) is 5.96 Å². The number of hydrogen-bond acceptors (Lipinski definition) is 4. The van der Waals surface area contributed by atoms with Gasteiger partial charge in [0.1, 0.15) is 0 Å². The van der Waals surface area contributed by atoms with Crippen LogP contribution in [-0.2, 0) is 10.0 Å². The van der Waals surface area contributed by atoms with E-state index < -0.39 is 10.0 Å². The van der Waals surface area contributed by atoms with Gasteiger partial charge >= 0.3 is 0 Å². The summed E-state index contributed by atoms with van der Waals surface area (Å²) in [5.41, 5.74) is 2.94. The predicted octanol–water partition coefficient (Wildman–Crippen LogP) is 4.11. The lowest BCUT2D eigenvalue weighted by atomic mass is 9.91. The second-order valence-corrected chi connectivity index (χ2v) is 9.12. The maximum atomic E-state index is 12.9. The number of benzene rings is 3. The molecule has 0 saturated heterocycles. The van der Waals surface area contributed by atoms with Crippen LogP contribution in [-0.4, -0.2) is 38.7 Å². The molecule has 8 heteroatoms. The molecular weight excluding hydrogens is 432 g/mol. The first-order chi connectivity index (χ1) is 15.0. The van der Waals surface area contributed by atoms with Crippen LogP contribution in [0.15, 0.2) is 99.9 Å². The van der Waals surface area contributed by atoms with Crippen molar-refractivity contribution >= 4 is 33.3 Å². The van der Waals surface area contributed by atoms with Crippen molar-refractivity contribution in [3.63, 3.8) is 0 Å². The SMILES string of the molecule is CN=C(NS(=O)(=O)c1ccc(Cl)cc1)N1CC(c2ccccc2)C(c2ccccc2)=N1. The van der Waals surface area contributed by atoms with E-state index in [0.717, 1.165) is 16.8 Å². The monoisotopic (exact) mass is 452 g/mol. The van der Waals surface area contributed by atoms with Crippen molar-refractivity contribution < 1.29 is 8.42 Å². The largest absolute Gasteiger partial charge is 0.264 e. The summed E-state index contributed by atoms with van der Waals surface area (Å²) < 4.78 is 28.3. The van der Waals surface area contributed by atoms with Crippen molar-refractivity contribution in [3.8, 4) is 0 Å². The molecule has 1 heterocycles. The number of nitrogens with one attached hydrogen (secondary N) is 1. The molecule has 1 aliphatic heterocycles. The summed E-state index contributed by atoms with van der Waals surface area (Å²) in [7, 11) is -2.31. The summed E-state index contributed by atoms with van der Waals surface area (Å²) in [6.45, 7) is 0.462. The summed E-state index contributed by atoms with van der Waals surface area (Å²) in [6.07, 6.45) is 0. The van der Waals surface area contributed by atoms with Gasteiger partial charge < -0.3 is 0 Å². The summed E-state index contributed by atoms with van der Waals surface area (Å²) >= 11 is 5.88. The van der Waals surface area contributed by atoms with Crippen LogP contribution in [0, 0.1) is 0 Å². The fourth-order valence-electron chi connectivity index (χ4n) is 3.46. The molecule has 3 aromatic carbocycles. The molecule has 0 radical (unpaired) electrons. The normalized spacial score (nSPS) is 16.8. The zero-order chi connectivity index (χ0) is 21.8. The maximum Gasteiger partial charge on any atom is 0.264 e. The van der Waals surface area contributed by atoms with E-state index in [2.05, 4.69) is 9.71 Å². The molecule has 0 aliphatic carbocycles. The number of sulfonamides is 1. The molecule has 6 nitrogen and oxygen atoms in total. The number of aliphatic imine (C=N–C) groups is 1. The Bertz CT molecular complexity index is 1210. The number of guanidine groups is 1. The molecule has 4 rings (SSSR count). The highest BCUT2D eigenvalue weighted by molar-refractivity contribution is 7.90. The second kappa shape index (κ2) is 8.91. The zero-order valence-electron chi connectivity index (χ0n) is 16.8. The van der Waals surface area contributed by atoms with Gasteiger partial charge in [0.05, 0.1) is 17.2 Å². The van der Waals surface area contributed by atoms with E-state index >= 15 is 0 Å². The number of rotatable bonds is 4. The summed E-state index contributed by atoms with van der Waals surface area (Å²) in [6, 6.07) is 25.9. The molecule has 1 atom stereocenters. The van der Waals surface area contributed by atoms with E-state index in [1.165, 1.54) is 31.3 Å². The first-order valence-electron chi connectivity index (χ1n) is 9.69. The van der Waals surface area contributed by atoms with Crippen LogP contribution < -0.4 is 4.72 Å². The minimum atomic E-state index is -3.84. The summed E-state index contributed by atoms with van der Waals surface area (Å²) in [5.74, 6) is 0.127. The standard InChI is InChI=1S/C23H21ClN4O2S/c1-25-23(27-31(29,30)20-14-12-19(24)13-15-20)28-16-21(17-8-4-2-5-9-17)22(26-28)18-10-6-3-7-11-18/h2-15,21H,16H2,1H3,(H,25,27). The van der Waals surface area contributed by atoms with Crippen molar-refractivity contribution in [1.82, 2.24) is 9.73 Å². The van der Waals surface area contributed by atoms with E-state index in [1.54, 1.807) is 5.01 Å². The Morgan fingerprint density at radius 1 is 1.00 bits per heavy atom. The van der Waals surface area contributed by atoms with Gasteiger partial charge in [0, 0.05) is 18.0 Å². The smallest absolute Gasteiger partial charge is 0.254 e. The average Bonchev–Trinajstić information content (AvgIpc) is 3.24. The molecule has 0 amide bonds. The third kappa shape index (κ3) is 4.62. The van der Waals surface area contributed by atoms with E-state index in [4.69, 9.17) is 16.7 Å². The van der Waals surface area contributed by atoms with Crippen molar-refractivity contribution in [2.24, 2.45) is 10.1 Å². The fourth-order valence-corrected chi connectivity index (χ4v) is 4.63. The van der Waals surface area contributed by atoms with Crippen LogP contribution in [0.3, 0.4) is 0 Å². The Labute approximate surface area is 186 Å². The number of halogens is 1. The number of hydrogen-bond donors (Lipinski definition) is 1. The first kappa shape index (κ1) is 21.1. The third-order valence-corrected chi connectivity index (χ3v) is 6.59. The van der Waals surface area contributed by atoms with Crippen molar-refractivity contribution in [3.05, 3.63) is 101 Å². The van der Waals surface area contributed by atoms with Crippen LogP contribution in [0.5, 0.6) is 0 Å². The van der Waals surface area contributed by atoms with Gasteiger partial charge in [-0.05, 0) is 35.4 Å². The highest BCUT2D eigenvalue weighted by atomic mass is 35.5. The predicted molar refractivity (Wildman–Crippen MR) is 124 cm³/mol. The minimum Gasteiger partial charge on any atom is -0.254 e. The Hall–Kier alpha value is -3.16. The van der Waals surface area contributed by atoms with Crippen LogP contribution in [0.25, 0.3) is 0 Å². The van der Waals surface area contributed by atoms with E-state index in [9.17, 15) is 8.42 Å². The molecule has 0 saturated carbocycles. The van der Waals surface area contributed by atoms with Crippen LogP contribution in [0.1, 0.15) is 17.0 Å². The molecule has 31 heavy (non-hydrogen) atoms. The Kier molecular flexibility index (Phi) is 6.06. The van der Waals surface area contributed by atoms with Crippen molar-refractivity contribution in [1.29, 1.82) is 0 Å². The summed E-state index contributed by atoms with van der Waals surface area (Å²) in [5, 5.41) is 6.82. The van der Waals surface area contributed by atoms with Gasteiger partial charge in [0.15, 0.2) is 0 Å². The molecule has 1 aliphatic rings. The highest BCUT2D eigenvalue weighted by Crippen LogP contribution is 2.29. The van der Waals surface area contributed by atoms with Gasteiger partial charge in [-0.3, -0.25) is 4.99 Å². The van der Waals surface area contributed by atoms with Gasteiger partial charge in [0.25, 0.3) is 10.0 Å². The van der Waals surface area contributed by atoms with E-state index in [1.807, 2.05) is 60.7 Å². The highest BCUT2D eigenvalue weighted by Gasteiger charge is 2.32. The summed E-state index contributed by atoms with van der Waals surface area (Å²) in [4.78, 5) is 4.27. The molecule has 158 valence electrons. The van der Waals surface area contributed by atoms with Crippen LogP contribution in [0.2, 0.25) is 5.02 Å². The molecule has 0 bridgehead atoms. The first-order valence-corrected chi connectivity index (χ1v) is 11.6. The minimum absolute atomic E-state index is 0.0274. The van der Waals surface area contributed by atoms with Gasteiger partial charge in [-0.1, -0.05) is 72.3 Å². The fraction of sp³-hybridized carbons (Fsp3) is 0.130. The number of hydrazone groups is 1.